The number of hydrogen-bond acceptors (Lipinski definition) is 2. The first-order chi connectivity index (χ1) is 11.2. The summed E-state index contributed by atoms with van der Waals surface area (Å²) in [4.78, 5) is 14.2. The standard InChI is InChI=1S/C19H19FN2O/c20-17-6-8-18(9-7-17)21-19(23)14-22-12-10-16(11-13-22)15-4-2-1-3-5-15/h1-10H,11-14H2,(H,21,23). The van der Waals surface area contributed by atoms with Gasteiger partial charge in [0.2, 0.25) is 5.91 Å². The van der Waals surface area contributed by atoms with E-state index in [-0.39, 0.29) is 11.7 Å². The predicted molar refractivity (Wildman–Crippen MR) is 90.5 cm³/mol. The van der Waals surface area contributed by atoms with Crippen molar-refractivity contribution in [1.29, 1.82) is 0 Å². The molecule has 0 radical (unpaired) electrons. The molecule has 0 saturated heterocycles. The molecule has 1 aliphatic heterocycles. The SMILES string of the molecule is O=C(CN1CC=C(c2ccccc2)CC1)Nc1ccc(F)cc1. The Balaban J connectivity index is 1.53. The van der Waals surface area contributed by atoms with Crippen molar-refractivity contribution in [2.45, 2.75) is 6.42 Å². The molecular formula is C19H19FN2O. The molecule has 0 atom stereocenters. The van der Waals surface area contributed by atoms with E-state index in [1.54, 1.807) is 12.1 Å². The third-order valence-corrected chi connectivity index (χ3v) is 3.93. The van der Waals surface area contributed by atoms with Gasteiger partial charge in [-0.3, -0.25) is 9.69 Å². The molecule has 0 aromatic heterocycles. The van der Waals surface area contributed by atoms with E-state index in [1.165, 1.54) is 23.3 Å². The normalized spacial score (nSPS) is 15.1. The lowest BCUT2D eigenvalue weighted by Crippen LogP contribution is -2.36. The van der Waals surface area contributed by atoms with Crippen molar-refractivity contribution in [3.8, 4) is 0 Å². The zero-order valence-electron chi connectivity index (χ0n) is 12.8. The van der Waals surface area contributed by atoms with Gasteiger partial charge in [-0.2, -0.15) is 0 Å². The summed E-state index contributed by atoms with van der Waals surface area (Å²) >= 11 is 0. The highest BCUT2D eigenvalue weighted by Crippen LogP contribution is 2.21. The minimum atomic E-state index is -0.308. The van der Waals surface area contributed by atoms with Gasteiger partial charge in [0.05, 0.1) is 6.54 Å². The molecule has 118 valence electrons. The number of halogens is 1. The molecule has 4 heteroatoms. The van der Waals surface area contributed by atoms with Crippen molar-refractivity contribution in [3.63, 3.8) is 0 Å². The van der Waals surface area contributed by atoms with Crippen LogP contribution in [0, 0.1) is 5.82 Å². The van der Waals surface area contributed by atoms with Crippen LogP contribution in [-0.4, -0.2) is 30.4 Å². The molecule has 0 saturated carbocycles. The highest BCUT2D eigenvalue weighted by molar-refractivity contribution is 5.92. The van der Waals surface area contributed by atoms with Crippen LogP contribution in [0.4, 0.5) is 10.1 Å². The van der Waals surface area contributed by atoms with Gasteiger partial charge in [-0.1, -0.05) is 36.4 Å². The van der Waals surface area contributed by atoms with E-state index >= 15 is 0 Å². The lowest BCUT2D eigenvalue weighted by Gasteiger charge is -2.25. The van der Waals surface area contributed by atoms with Crippen molar-refractivity contribution < 1.29 is 9.18 Å². The Bertz CT molecular complexity index is 695. The zero-order valence-corrected chi connectivity index (χ0v) is 12.8. The van der Waals surface area contributed by atoms with Crippen molar-refractivity contribution in [1.82, 2.24) is 4.90 Å². The van der Waals surface area contributed by atoms with E-state index in [0.717, 1.165) is 19.5 Å². The smallest absolute Gasteiger partial charge is 0.238 e. The number of nitrogens with one attached hydrogen (secondary N) is 1. The van der Waals surface area contributed by atoms with E-state index in [0.29, 0.717) is 12.2 Å². The van der Waals surface area contributed by atoms with E-state index < -0.39 is 0 Å². The summed E-state index contributed by atoms with van der Waals surface area (Å²) < 4.78 is 12.8. The summed E-state index contributed by atoms with van der Waals surface area (Å²) in [6.07, 6.45) is 3.12. The number of hydrogen-bond donors (Lipinski definition) is 1. The zero-order chi connectivity index (χ0) is 16.1. The third-order valence-electron chi connectivity index (χ3n) is 3.93. The summed E-state index contributed by atoms with van der Waals surface area (Å²) in [5.74, 6) is -0.384. The first kappa shape index (κ1) is 15.4. The molecule has 3 rings (SSSR count). The fourth-order valence-corrected chi connectivity index (χ4v) is 2.71. The van der Waals surface area contributed by atoms with Gasteiger partial charge in [-0.15, -0.1) is 0 Å². The lowest BCUT2D eigenvalue weighted by atomic mass is 10.00. The fraction of sp³-hybridized carbons (Fsp3) is 0.211. The molecule has 0 fully saturated rings. The highest BCUT2D eigenvalue weighted by atomic mass is 19.1. The maximum absolute atomic E-state index is 12.8. The Morgan fingerprint density at radius 3 is 2.48 bits per heavy atom. The van der Waals surface area contributed by atoms with Crippen LogP contribution in [0.25, 0.3) is 5.57 Å². The van der Waals surface area contributed by atoms with Crippen LogP contribution in [-0.2, 0) is 4.79 Å². The summed E-state index contributed by atoms with van der Waals surface area (Å²) in [6.45, 7) is 1.97. The average Bonchev–Trinajstić information content (AvgIpc) is 2.58. The van der Waals surface area contributed by atoms with Gasteiger partial charge in [-0.25, -0.2) is 4.39 Å². The Labute approximate surface area is 135 Å². The summed E-state index contributed by atoms with van der Waals surface area (Å²) in [7, 11) is 0. The number of anilines is 1. The highest BCUT2D eigenvalue weighted by Gasteiger charge is 2.15. The molecular weight excluding hydrogens is 291 g/mol. The molecule has 1 heterocycles. The molecule has 0 bridgehead atoms. The topological polar surface area (TPSA) is 32.3 Å². The molecule has 1 amide bonds. The van der Waals surface area contributed by atoms with Crippen LogP contribution in [0.15, 0.2) is 60.7 Å². The van der Waals surface area contributed by atoms with Gasteiger partial charge in [0, 0.05) is 18.8 Å². The maximum atomic E-state index is 12.8. The van der Waals surface area contributed by atoms with E-state index in [9.17, 15) is 9.18 Å². The van der Waals surface area contributed by atoms with Crippen LogP contribution in [0.5, 0.6) is 0 Å². The molecule has 2 aromatic carbocycles. The number of carbonyl (C=O) groups excluding carboxylic acids is 1. The molecule has 0 spiro atoms. The fourth-order valence-electron chi connectivity index (χ4n) is 2.71. The first-order valence-corrected chi connectivity index (χ1v) is 7.73. The molecule has 1 aliphatic rings. The molecule has 1 N–H and O–H groups in total. The van der Waals surface area contributed by atoms with Crippen molar-refractivity contribution in [2.24, 2.45) is 0 Å². The van der Waals surface area contributed by atoms with Gasteiger partial charge in [0.1, 0.15) is 5.82 Å². The lowest BCUT2D eigenvalue weighted by molar-refractivity contribution is -0.117. The van der Waals surface area contributed by atoms with Crippen molar-refractivity contribution in [2.75, 3.05) is 25.0 Å². The van der Waals surface area contributed by atoms with Crippen LogP contribution in [0.1, 0.15) is 12.0 Å². The number of amides is 1. The first-order valence-electron chi connectivity index (χ1n) is 7.73. The second kappa shape index (κ2) is 7.20. The van der Waals surface area contributed by atoms with Crippen LogP contribution in [0.2, 0.25) is 0 Å². The van der Waals surface area contributed by atoms with Gasteiger partial charge < -0.3 is 5.32 Å². The van der Waals surface area contributed by atoms with E-state index in [2.05, 4.69) is 28.4 Å². The maximum Gasteiger partial charge on any atom is 0.238 e. The second-order valence-corrected chi connectivity index (χ2v) is 5.64. The Hall–Kier alpha value is -2.46. The quantitative estimate of drug-likeness (QED) is 0.936. The van der Waals surface area contributed by atoms with Crippen LogP contribution in [0.3, 0.4) is 0 Å². The van der Waals surface area contributed by atoms with Gasteiger partial charge in [-0.05, 0) is 41.8 Å². The van der Waals surface area contributed by atoms with Gasteiger partial charge in [0.25, 0.3) is 0 Å². The molecule has 0 aliphatic carbocycles. The summed E-state index contributed by atoms with van der Waals surface area (Å²) in [5, 5.41) is 2.79. The van der Waals surface area contributed by atoms with E-state index in [4.69, 9.17) is 0 Å². The molecule has 0 unspecified atom stereocenters. The Morgan fingerprint density at radius 2 is 1.83 bits per heavy atom. The molecule has 23 heavy (non-hydrogen) atoms. The summed E-state index contributed by atoms with van der Waals surface area (Å²) in [6, 6.07) is 16.1. The number of carbonyl (C=O) groups is 1. The predicted octanol–water partition coefficient (Wildman–Crippen LogP) is 3.55. The Morgan fingerprint density at radius 1 is 1.09 bits per heavy atom. The van der Waals surface area contributed by atoms with Crippen molar-refractivity contribution >= 4 is 17.2 Å². The minimum absolute atomic E-state index is 0.0758. The molecule has 2 aromatic rings. The number of nitrogens with zero attached hydrogens (tertiary/aromatic N) is 1. The Kier molecular flexibility index (Phi) is 4.83. The third kappa shape index (κ3) is 4.27. The van der Waals surface area contributed by atoms with Gasteiger partial charge >= 0.3 is 0 Å². The van der Waals surface area contributed by atoms with Crippen LogP contribution >= 0.6 is 0 Å². The number of benzene rings is 2. The second-order valence-electron chi connectivity index (χ2n) is 5.64. The van der Waals surface area contributed by atoms with Crippen LogP contribution < -0.4 is 5.32 Å². The monoisotopic (exact) mass is 310 g/mol. The van der Waals surface area contributed by atoms with Crippen molar-refractivity contribution in [3.05, 3.63) is 72.1 Å². The minimum Gasteiger partial charge on any atom is -0.325 e. The largest absolute Gasteiger partial charge is 0.325 e. The average molecular weight is 310 g/mol. The van der Waals surface area contributed by atoms with E-state index in [1.807, 2.05) is 18.2 Å². The number of rotatable bonds is 4. The summed E-state index contributed by atoms with van der Waals surface area (Å²) in [5.41, 5.74) is 3.21. The van der Waals surface area contributed by atoms with Gasteiger partial charge in [0.15, 0.2) is 0 Å². The molecule has 3 nitrogen and oxygen atoms in total.